The first-order valence-electron chi connectivity index (χ1n) is 11.5. The van der Waals surface area contributed by atoms with Crippen LogP contribution in [0.4, 0.5) is 5.69 Å². The van der Waals surface area contributed by atoms with Crippen molar-refractivity contribution in [2.75, 3.05) is 32.0 Å². The SMILES string of the molecule is C=N.C=O.CC(C)(C)OO.CNC(NCC1(Nc2cccc(C)c2)CC[N-]CC1)c1ccncc1.[W]. The fourth-order valence-corrected chi connectivity index (χ4v) is 3.44. The molecule has 0 radical (unpaired) electrons. The Hall–Kier alpha value is -2.00. The van der Waals surface area contributed by atoms with Crippen LogP contribution in [0.15, 0.2) is 48.8 Å². The molecule has 1 aromatic heterocycles. The van der Waals surface area contributed by atoms with E-state index in [9.17, 15) is 0 Å². The quantitative estimate of drug-likeness (QED) is 0.126. The molecule has 1 unspecified atom stereocenters. The van der Waals surface area contributed by atoms with E-state index < -0.39 is 5.60 Å². The molecule has 0 amide bonds. The summed E-state index contributed by atoms with van der Waals surface area (Å²) in [4.78, 5) is 16.0. The Morgan fingerprint density at radius 2 is 1.72 bits per heavy atom. The topological polar surface area (TPSA) is 133 Å². The molecule has 9 nitrogen and oxygen atoms in total. The average Bonchev–Trinajstić information content (AvgIpc) is 2.88. The van der Waals surface area contributed by atoms with Crippen molar-refractivity contribution in [3.63, 3.8) is 0 Å². The predicted molar refractivity (Wildman–Crippen MR) is 144 cm³/mol. The third kappa shape index (κ3) is 14.5. The second-order valence-corrected chi connectivity index (χ2v) is 9.03. The van der Waals surface area contributed by atoms with Gasteiger partial charge in [0.2, 0.25) is 0 Å². The first kappa shape index (κ1) is 36.2. The summed E-state index contributed by atoms with van der Waals surface area (Å²) in [6.07, 6.45) is 5.86. The van der Waals surface area contributed by atoms with Crippen LogP contribution in [0, 0.1) is 12.3 Å². The molecule has 1 fully saturated rings. The van der Waals surface area contributed by atoms with Crippen molar-refractivity contribution in [3.8, 4) is 0 Å². The Balaban J connectivity index is 0. The van der Waals surface area contributed by atoms with Crippen LogP contribution < -0.4 is 16.0 Å². The molecule has 1 aromatic carbocycles. The van der Waals surface area contributed by atoms with Gasteiger partial charge in [-0.25, -0.2) is 4.89 Å². The molecule has 202 valence electrons. The second-order valence-electron chi connectivity index (χ2n) is 9.03. The van der Waals surface area contributed by atoms with Crippen molar-refractivity contribution in [2.24, 2.45) is 0 Å². The standard InChI is InChI=1S/C20H28N5.C4H10O2.CH3N.CH2O.W/c1-16-4-3-5-18(14-16)25-20(8-12-23-13-9-20)15-24-19(21-2)17-6-10-22-11-7-17;1-4(2,3)6-5;2*1-2;/h3-7,10-11,14,19,21,24-25H,8-9,12-13,15H2,1-2H3;5H,1-3H3;2H,1H2;1H2;/q-1;;;;. The van der Waals surface area contributed by atoms with Crippen molar-refractivity contribution in [2.45, 2.75) is 57.8 Å². The van der Waals surface area contributed by atoms with Gasteiger partial charge in [0.1, 0.15) is 6.79 Å². The first-order valence-corrected chi connectivity index (χ1v) is 11.5. The van der Waals surface area contributed by atoms with Gasteiger partial charge in [0.05, 0.1) is 11.8 Å². The minimum atomic E-state index is -0.403. The minimum Gasteiger partial charge on any atom is -0.662 e. The van der Waals surface area contributed by atoms with Crippen LogP contribution in [0.5, 0.6) is 0 Å². The zero-order valence-electron chi connectivity index (χ0n) is 22.2. The van der Waals surface area contributed by atoms with Gasteiger partial charge < -0.3 is 26.2 Å². The van der Waals surface area contributed by atoms with Crippen LogP contribution in [-0.2, 0) is 30.7 Å². The molecule has 2 aromatic rings. The monoisotopic (exact) mass is 671 g/mol. The molecule has 0 bridgehead atoms. The summed E-state index contributed by atoms with van der Waals surface area (Å²) in [5.41, 5.74) is 3.29. The third-order valence-electron chi connectivity index (χ3n) is 5.17. The molecular formula is C26H43N6O3W-. The van der Waals surface area contributed by atoms with E-state index in [4.69, 9.17) is 15.5 Å². The van der Waals surface area contributed by atoms with Gasteiger partial charge in [-0.05, 0) is 89.7 Å². The van der Waals surface area contributed by atoms with E-state index in [0.29, 0.717) is 0 Å². The Kier molecular flexibility index (Phi) is 20.2. The largest absolute Gasteiger partial charge is 0.662 e. The minimum absolute atomic E-state index is 0. The van der Waals surface area contributed by atoms with E-state index >= 15 is 0 Å². The molecule has 10 heteroatoms. The van der Waals surface area contributed by atoms with E-state index in [2.05, 4.69) is 69.0 Å². The van der Waals surface area contributed by atoms with Crippen molar-refractivity contribution < 1.29 is 36.0 Å². The van der Waals surface area contributed by atoms with Crippen LogP contribution >= 0.6 is 0 Å². The third-order valence-corrected chi connectivity index (χ3v) is 5.17. The summed E-state index contributed by atoms with van der Waals surface area (Å²) >= 11 is 0. The smallest absolute Gasteiger partial charge is 0.106 e. The van der Waals surface area contributed by atoms with Gasteiger partial charge in [-0.1, -0.05) is 12.1 Å². The summed E-state index contributed by atoms with van der Waals surface area (Å²) in [6, 6.07) is 12.7. The Morgan fingerprint density at radius 3 is 2.19 bits per heavy atom. The number of rotatable bonds is 7. The number of hydrogen-bond acceptors (Lipinski definition) is 8. The van der Waals surface area contributed by atoms with Gasteiger partial charge in [-0.2, -0.15) is 0 Å². The maximum absolute atomic E-state index is 8.00. The number of anilines is 1. The Bertz CT molecular complexity index is 800. The average molecular weight is 672 g/mol. The maximum Gasteiger partial charge on any atom is 0.106 e. The number of nitrogens with one attached hydrogen (secondary N) is 4. The van der Waals surface area contributed by atoms with E-state index in [1.165, 1.54) is 16.8 Å². The summed E-state index contributed by atoms with van der Waals surface area (Å²) in [5.74, 6) is 0. The van der Waals surface area contributed by atoms with E-state index in [1.54, 1.807) is 20.8 Å². The molecule has 0 aliphatic carbocycles. The number of carbonyl (C=O) groups is 1. The van der Waals surface area contributed by atoms with Crippen LogP contribution in [0.25, 0.3) is 5.32 Å². The van der Waals surface area contributed by atoms with Gasteiger partial charge in [0, 0.05) is 51.2 Å². The molecule has 36 heavy (non-hydrogen) atoms. The van der Waals surface area contributed by atoms with Gasteiger partial charge in [-0.3, -0.25) is 15.6 Å². The number of carbonyl (C=O) groups excluding carboxylic acids is 1. The van der Waals surface area contributed by atoms with E-state index in [-0.39, 0.29) is 32.8 Å². The number of aromatic nitrogens is 1. The number of aryl methyl sites for hydroxylation is 1. The van der Waals surface area contributed by atoms with Gasteiger partial charge >= 0.3 is 0 Å². The van der Waals surface area contributed by atoms with Gasteiger partial charge in [-0.15, -0.1) is 13.1 Å². The van der Waals surface area contributed by atoms with E-state index in [0.717, 1.165) is 32.5 Å². The molecule has 2 heterocycles. The molecule has 5 N–H and O–H groups in total. The zero-order valence-corrected chi connectivity index (χ0v) is 25.1. The second kappa shape index (κ2) is 20.1. The van der Waals surface area contributed by atoms with E-state index in [1.807, 2.05) is 38.4 Å². The molecule has 1 saturated heterocycles. The van der Waals surface area contributed by atoms with Crippen LogP contribution in [0.2, 0.25) is 0 Å². The molecule has 1 aliphatic rings. The summed E-state index contributed by atoms with van der Waals surface area (Å²) in [5, 5.41) is 28.8. The van der Waals surface area contributed by atoms with Crippen molar-refractivity contribution in [3.05, 3.63) is 65.2 Å². The van der Waals surface area contributed by atoms with Crippen LogP contribution in [0.1, 0.15) is 50.9 Å². The molecule has 0 saturated carbocycles. The summed E-state index contributed by atoms with van der Waals surface area (Å²) in [6.45, 7) is 14.7. The summed E-state index contributed by atoms with van der Waals surface area (Å²) in [7, 11) is 1.98. The van der Waals surface area contributed by atoms with Gasteiger partial charge in [0.25, 0.3) is 0 Å². The van der Waals surface area contributed by atoms with Crippen molar-refractivity contribution in [1.29, 1.82) is 5.41 Å². The Labute approximate surface area is 230 Å². The molecule has 0 spiro atoms. The first-order chi connectivity index (χ1) is 16.8. The number of piperidine rings is 1. The van der Waals surface area contributed by atoms with Crippen LogP contribution in [-0.4, -0.2) is 61.6 Å². The van der Waals surface area contributed by atoms with Crippen molar-refractivity contribution >= 4 is 19.2 Å². The normalized spacial score (nSPS) is 14.6. The van der Waals surface area contributed by atoms with Crippen molar-refractivity contribution in [1.82, 2.24) is 15.6 Å². The molecule has 3 rings (SSSR count). The number of hydrogen-bond donors (Lipinski definition) is 5. The number of pyridine rings is 1. The fraction of sp³-hybridized carbons (Fsp3) is 0.500. The molecule has 1 atom stereocenters. The predicted octanol–water partition coefficient (Wildman–Crippen LogP) is 4.57. The number of nitrogens with zero attached hydrogens (tertiary/aromatic N) is 2. The summed E-state index contributed by atoms with van der Waals surface area (Å²) < 4.78 is 0. The Morgan fingerprint density at radius 1 is 1.17 bits per heavy atom. The van der Waals surface area contributed by atoms with Gasteiger partial charge in [0.15, 0.2) is 0 Å². The zero-order chi connectivity index (χ0) is 26.7. The number of benzene rings is 1. The fourth-order valence-electron chi connectivity index (χ4n) is 3.44. The van der Waals surface area contributed by atoms with Crippen LogP contribution in [0.3, 0.4) is 0 Å². The molecular weight excluding hydrogens is 628 g/mol. The molecule has 1 aliphatic heterocycles. The maximum atomic E-state index is 8.00.